The van der Waals surface area contributed by atoms with E-state index in [-0.39, 0.29) is 0 Å². The van der Waals surface area contributed by atoms with E-state index < -0.39 is 0 Å². The molecule has 3 heterocycles. The van der Waals surface area contributed by atoms with Crippen molar-refractivity contribution in [3.63, 3.8) is 0 Å². The molecule has 100 valence electrons. The predicted octanol–water partition coefficient (Wildman–Crippen LogP) is 2.28. The van der Waals surface area contributed by atoms with Crippen molar-refractivity contribution >= 4 is 10.9 Å². The number of hydrogen-bond donors (Lipinski definition) is 1. The standard InChI is InChI=1S/C15H14N4O/c1-9-6-13(17-12-5-3-2-4-11(9)12)14-18-15(20-19-14)10-7-16-8-10/h2-6,10,16H,7-8H2,1H3. The summed E-state index contributed by atoms with van der Waals surface area (Å²) in [4.78, 5) is 9.09. The van der Waals surface area contributed by atoms with Gasteiger partial charge in [0, 0.05) is 18.5 Å². The van der Waals surface area contributed by atoms with E-state index in [2.05, 4.69) is 33.4 Å². The number of aromatic nitrogens is 3. The third kappa shape index (κ3) is 1.78. The van der Waals surface area contributed by atoms with Crippen LogP contribution in [0.5, 0.6) is 0 Å². The normalized spacial score (nSPS) is 15.4. The molecule has 0 saturated carbocycles. The molecule has 0 unspecified atom stereocenters. The third-order valence-corrected chi connectivity index (χ3v) is 3.72. The van der Waals surface area contributed by atoms with Crippen molar-refractivity contribution in [3.05, 3.63) is 41.8 Å². The van der Waals surface area contributed by atoms with E-state index in [4.69, 9.17) is 4.52 Å². The van der Waals surface area contributed by atoms with E-state index in [1.807, 2.05) is 24.3 Å². The zero-order chi connectivity index (χ0) is 13.5. The van der Waals surface area contributed by atoms with Gasteiger partial charge in [0.15, 0.2) is 0 Å². The van der Waals surface area contributed by atoms with Crippen molar-refractivity contribution in [2.24, 2.45) is 0 Å². The molecule has 5 nitrogen and oxygen atoms in total. The van der Waals surface area contributed by atoms with Crippen LogP contribution >= 0.6 is 0 Å². The van der Waals surface area contributed by atoms with Crippen molar-refractivity contribution in [1.29, 1.82) is 0 Å². The minimum absolute atomic E-state index is 0.345. The minimum atomic E-state index is 0.345. The van der Waals surface area contributed by atoms with Crippen LogP contribution in [0, 0.1) is 6.92 Å². The number of hydrogen-bond acceptors (Lipinski definition) is 5. The van der Waals surface area contributed by atoms with Crippen LogP contribution in [-0.4, -0.2) is 28.2 Å². The fourth-order valence-corrected chi connectivity index (χ4v) is 2.43. The zero-order valence-electron chi connectivity index (χ0n) is 11.1. The molecule has 0 spiro atoms. The van der Waals surface area contributed by atoms with Crippen molar-refractivity contribution in [1.82, 2.24) is 20.4 Å². The van der Waals surface area contributed by atoms with E-state index in [9.17, 15) is 0 Å². The molecule has 1 saturated heterocycles. The average Bonchev–Trinajstić information content (AvgIpc) is 2.86. The predicted molar refractivity (Wildman–Crippen MR) is 75.4 cm³/mol. The largest absolute Gasteiger partial charge is 0.339 e. The number of benzene rings is 1. The van der Waals surface area contributed by atoms with Gasteiger partial charge in [0.1, 0.15) is 5.69 Å². The van der Waals surface area contributed by atoms with Crippen LogP contribution in [0.25, 0.3) is 22.4 Å². The second kappa shape index (κ2) is 4.38. The molecule has 1 aromatic carbocycles. The van der Waals surface area contributed by atoms with Crippen molar-refractivity contribution < 1.29 is 4.52 Å². The van der Waals surface area contributed by atoms with Crippen LogP contribution in [0.4, 0.5) is 0 Å². The molecule has 1 aliphatic rings. The third-order valence-electron chi connectivity index (χ3n) is 3.72. The van der Waals surface area contributed by atoms with E-state index >= 15 is 0 Å². The highest BCUT2D eigenvalue weighted by molar-refractivity contribution is 5.84. The highest BCUT2D eigenvalue weighted by Gasteiger charge is 2.25. The van der Waals surface area contributed by atoms with Gasteiger partial charge in [0.2, 0.25) is 11.7 Å². The smallest absolute Gasteiger partial charge is 0.232 e. The van der Waals surface area contributed by atoms with E-state index in [1.54, 1.807) is 0 Å². The molecule has 3 aromatic rings. The maximum absolute atomic E-state index is 5.33. The second-order valence-electron chi connectivity index (χ2n) is 5.15. The molecule has 4 rings (SSSR count). The van der Waals surface area contributed by atoms with Gasteiger partial charge in [0.05, 0.1) is 11.4 Å². The number of rotatable bonds is 2. The number of fused-ring (bicyclic) bond motifs is 1. The summed E-state index contributed by atoms with van der Waals surface area (Å²) in [6, 6.07) is 10.1. The van der Waals surface area contributed by atoms with E-state index in [0.717, 1.165) is 29.7 Å². The first-order chi connectivity index (χ1) is 9.81. The summed E-state index contributed by atoms with van der Waals surface area (Å²) in [7, 11) is 0. The molecule has 0 bridgehead atoms. The second-order valence-corrected chi connectivity index (χ2v) is 5.15. The number of nitrogens with zero attached hydrogens (tertiary/aromatic N) is 3. The first kappa shape index (κ1) is 11.5. The van der Waals surface area contributed by atoms with Gasteiger partial charge in [-0.25, -0.2) is 4.98 Å². The maximum Gasteiger partial charge on any atom is 0.232 e. The van der Waals surface area contributed by atoms with Crippen molar-refractivity contribution in [3.8, 4) is 11.5 Å². The van der Waals surface area contributed by atoms with Gasteiger partial charge in [-0.15, -0.1) is 0 Å². The Labute approximate surface area is 116 Å². The Bertz CT molecular complexity index is 776. The Hall–Kier alpha value is -2.27. The lowest BCUT2D eigenvalue weighted by molar-refractivity contribution is 0.308. The molecule has 0 amide bonds. The Balaban J connectivity index is 1.79. The summed E-state index contributed by atoms with van der Waals surface area (Å²) in [5.41, 5.74) is 2.89. The molecule has 0 aliphatic carbocycles. The summed E-state index contributed by atoms with van der Waals surface area (Å²) >= 11 is 0. The number of nitrogens with one attached hydrogen (secondary N) is 1. The van der Waals surface area contributed by atoms with Gasteiger partial charge in [-0.1, -0.05) is 23.4 Å². The van der Waals surface area contributed by atoms with E-state index in [0.29, 0.717) is 17.6 Å². The van der Waals surface area contributed by atoms with Crippen molar-refractivity contribution in [2.75, 3.05) is 13.1 Å². The average molecular weight is 266 g/mol. The highest BCUT2D eigenvalue weighted by Crippen LogP contribution is 2.24. The van der Waals surface area contributed by atoms with Gasteiger partial charge >= 0.3 is 0 Å². The summed E-state index contributed by atoms with van der Waals surface area (Å²) < 4.78 is 5.33. The summed E-state index contributed by atoms with van der Waals surface area (Å²) in [5, 5.41) is 8.42. The topological polar surface area (TPSA) is 63.8 Å². The molecule has 2 aromatic heterocycles. The Morgan fingerprint density at radius 1 is 1.20 bits per heavy atom. The number of aryl methyl sites for hydroxylation is 1. The van der Waals surface area contributed by atoms with Gasteiger partial charge in [-0.3, -0.25) is 0 Å². The SMILES string of the molecule is Cc1cc(-c2noc(C3CNC3)n2)nc2ccccc12. The summed E-state index contributed by atoms with van der Waals surface area (Å²) in [6.45, 7) is 3.89. The quantitative estimate of drug-likeness (QED) is 0.771. The fraction of sp³-hybridized carbons (Fsp3) is 0.267. The van der Waals surface area contributed by atoms with Crippen LogP contribution < -0.4 is 5.32 Å². The lowest BCUT2D eigenvalue weighted by atomic mass is 10.0. The molecule has 5 heteroatoms. The molecule has 1 aliphatic heterocycles. The van der Waals surface area contributed by atoms with Gasteiger partial charge in [0.25, 0.3) is 0 Å². The minimum Gasteiger partial charge on any atom is -0.339 e. The lowest BCUT2D eigenvalue weighted by Crippen LogP contribution is -2.40. The van der Waals surface area contributed by atoms with Crippen molar-refractivity contribution in [2.45, 2.75) is 12.8 Å². The summed E-state index contributed by atoms with van der Waals surface area (Å²) in [5.74, 6) is 1.62. The Morgan fingerprint density at radius 3 is 2.85 bits per heavy atom. The van der Waals surface area contributed by atoms with Gasteiger partial charge < -0.3 is 9.84 Å². The van der Waals surface area contributed by atoms with Crippen LogP contribution in [0.1, 0.15) is 17.4 Å². The van der Waals surface area contributed by atoms with Crippen LogP contribution in [0.3, 0.4) is 0 Å². The molecular formula is C15H14N4O. The monoisotopic (exact) mass is 266 g/mol. The Morgan fingerprint density at radius 2 is 2.05 bits per heavy atom. The first-order valence-corrected chi connectivity index (χ1v) is 6.72. The Kier molecular flexibility index (Phi) is 2.53. The molecule has 0 radical (unpaired) electrons. The first-order valence-electron chi connectivity index (χ1n) is 6.72. The molecule has 20 heavy (non-hydrogen) atoms. The molecular weight excluding hydrogens is 252 g/mol. The zero-order valence-corrected chi connectivity index (χ0v) is 11.1. The van der Waals surface area contributed by atoms with Crippen LogP contribution in [-0.2, 0) is 0 Å². The lowest BCUT2D eigenvalue weighted by Gasteiger charge is -2.22. The van der Waals surface area contributed by atoms with Crippen LogP contribution in [0.15, 0.2) is 34.9 Å². The number of pyridine rings is 1. The fourth-order valence-electron chi connectivity index (χ4n) is 2.43. The summed E-state index contributed by atoms with van der Waals surface area (Å²) in [6.07, 6.45) is 0. The molecule has 1 fully saturated rings. The van der Waals surface area contributed by atoms with Gasteiger partial charge in [-0.2, -0.15) is 4.98 Å². The highest BCUT2D eigenvalue weighted by atomic mass is 16.5. The molecule has 1 N–H and O–H groups in total. The number of para-hydroxylation sites is 1. The van der Waals surface area contributed by atoms with Gasteiger partial charge in [-0.05, 0) is 24.6 Å². The maximum atomic E-state index is 5.33. The van der Waals surface area contributed by atoms with Crippen LogP contribution in [0.2, 0.25) is 0 Å². The van der Waals surface area contributed by atoms with E-state index in [1.165, 1.54) is 5.56 Å². The molecule has 0 atom stereocenters.